The van der Waals surface area contributed by atoms with E-state index >= 15 is 0 Å². The first-order valence-corrected chi connectivity index (χ1v) is 7.45. The Labute approximate surface area is 135 Å². The highest BCUT2D eigenvalue weighted by molar-refractivity contribution is 7.11. The van der Waals surface area contributed by atoms with Crippen LogP contribution in [0.3, 0.4) is 0 Å². The van der Waals surface area contributed by atoms with Crippen molar-refractivity contribution in [3.05, 3.63) is 50.2 Å². The molecule has 0 fully saturated rings. The molecule has 8 heteroatoms. The molecule has 23 heavy (non-hydrogen) atoms. The molecule has 0 aliphatic carbocycles. The van der Waals surface area contributed by atoms with Crippen molar-refractivity contribution in [1.82, 2.24) is 0 Å². The minimum Gasteiger partial charge on any atom is -0.500 e. The molecule has 0 aliphatic heterocycles. The number of hydrogen-bond acceptors (Lipinski definition) is 6. The molecule has 1 aromatic heterocycles. The van der Waals surface area contributed by atoms with E-state index in [2.05, 4.69) is 0 Å². The molecule has 0 unspecified atom stereocenters. The largest absolute Gasteiger partial charge is 0.500 e. The second-order valence-corrected chi connectivity index (χ2v) is 5.37. The first kappa shape index (κ1) is 16.5. The van der Waals surface area contributed by atoms with Crippen LogP contribution in [0.25, 0.3) is 11.6 Å². The number of ether oxygens (including phenoxy) is 1. The summed E-state index contributed by atoms with van der Waals surface area (Å²) in [5, 5.41) is 31.9. The average molecular weight is 335 g/mol. The molecular weight excluding hydrogens is 322 g/mol. The van der Waals surface area contributed by atoms with Gasteiger partial charge in [-0.05, 0) is 36.1 Å². The average Bonchev–Trinajstić information content (AvgIpc) is 3.01. The first-order chi connectivity index (χ1) is 10.9. The quantitative estimate of drug-likeness (QED) is 0.476. The molecule has 0 bridgehead atoms. The highest BCUT2D eigenvalue weighted by Gasteiger charge is 2.21. The normalized spacial score (nSPS) is 11.3. The molecule has 0 saturated heterocycles. The topological polar surface area (TPSA) is 110 Å². The zero-order valence-corrected chi connectivity index (χ0v) is 12.9. The van der Waals surface area contributed by atoms with Crippen LogP contribution in [0.2, 0.25) is 0 Å². The zero-order valence-electron chi connectivity index (χ0n) is 12.1. The number of hydrogen-bond donors (Lipinski definition) is 2. The SMILES string of the molecule is CCOc1cc(/C=C(\C(=O)O)c2cccs2)cc([N+](=O)[O-])c1O. The molecule has 0 saturated carbocycles. The third kappa shape index (κ3) is 3.67. The molecular formula is C15H13NO6S. The second-order valence-electron chi connectivity index (χ2n) is 4.42. The lowest BCUT2D eigenvalue weighted by molar-refractivity contribution is -0.386. The number of nitrogens with zero attached hydrogens (tertiary/aromatic N) is 1. The van der Waals surface area contributed by atoms with E-state index in [1.807, 2.05) is 0 Å². The number of benzene rings is 1. The number of nitro groups is 1. The molecule has 0 aliphatic rings. The summed E-state index contributed by atoms with van der Waals surface area (Å²) in [4.78, 5) is 22.2. The first-order valence-electron chi connectivity index (χ1n) is 6.57. The summed E-state index contributed by atoms with van der Waals surface area (Å²) in [5.74, 6) is -1.80. The van der Waals surface area contributed by atoms with Gasteiger partial charge in [0.25, 0.3) is 0 Å². The Morgan fingerprint density at radius 2 is 2.22 bits per heavy atom. The van der Waals surface area contributed by atoms with Crippen molar-refractivity contribution in [2.45, 2.75) is 6.92 Å². The van der Waals surface area contributed by atoms with Crippen LogP contribution >= 0.6 is 11.3 Å². The van der Waals surface area contributed by atoms with E-state index in [0.717, 1.165) is 6.07 Å². The molecule has 1 aromatic carbocycles. The Hall–Kier alpha value is -2.87. The molecule has 0 atom stereocenters. The van der Waals surface area contributed by atoms with E-state index < -0.39 is 22.3 Å². The summed E-state index contributed by atoms with van der Waals surface area (Å²) in [6, 6.07) is 5.82. The minimum absolute atomic E-state index is 0.00226. The fourth-order valence-electron chi connectivity index (χ4n) is 1.94. The Kier molecular flexibility index (Phi) is 4.97. The lowest BCUT2D eigenvalue weighted by Gasteiger charge is -2.08. The molecule has 7 nitrogen and oxygen atoms in total. The van der Waals surface area contributed by atoms with Crippen molar-refractivity contribution in [2.75, 3.05) is 6.61 Å². The monoisotopic (exact) mass is 335 g/mol. The summed E-state index contributed by atoms with van der Waals surface area (Å²) < 4.78 is 5.17. The molecule has 2 aromatic rings. The molecule has 120 valence electrons. The Bertz CT molecular complexity index is 767. The van der Waals surface area contributed by atoms with Crippen LogP contribution in [-0.2, 0) is 4.79 Å². The fraction of sp³-hybridized carbons (Fsp3) is 0.133. The molecule has 1 heterocycles. The van der Waals surface area contributed by atoms with Crippen LogP contribution in [0.1, 0.15) is 17.4 Å². The molecule has 0 amide bonds. The number of phenols is 1. The van der Waals surface area contributed by atoms with Gasteiger partial charge in [-0.3, -0.25) is 10.1 Å². The summed E-state index contributed by atoms with van der Waals surface area (Å²) in [6.45, 7) is 1.87. The number of phenolic OH excluding ortho intramolecular Hbond substituents is 1. The van der Waals surface area contributed by atoms with Gasteiger partial charge in [0.1, 0.15) is 0 Å². The Morgan fingerprint density at radius 1 is 1.48 bits per heavy atom. The predicted octanol–water partition coefficient (Wildman–Crippen LogP) is 3.39. The number of carbonyl (C=O) groups is 1. The summed E-state index contributed by atoms with van der Waals surface area (Å²) in [5.41, 5.74) is -0.288. The van der Waals surface area contributed by atoms with Crippen LogP contribution in [0.15, 0.2) is 29.6 Å². The highest BCUT2D eigenvalue weighted by Crippen LogP contribution is 2.38. The van der Waals surface area contributed by atoms with E-state index in [0.29, 0.717) is 4.88 Å². The van der Waals surface area contributed by atoms with Crippen molar-refractivity contribution in [3.63, 3.8) is 0 Å². The summed E-state index contributed by atoms with van der Waals surface area (Å²) >= 11 is 1.24. The highest BCUT2D eigenvalue weighted by atomic mass is 32.1. The maximum absolute atomic E-state index is 11.4. The van der Waals surface area contributed by atoms with Crippen LogP contribution in [0.4, 0.5) is 5.69 Å². The summed E-state index contributed by atoms with van der Waals surface area (Å²) in [6.07, 6.45) is 1.31. The van der Waals surface area contributed by atoms with Crippen molar-refractivity contribution >= 4 is 34.6 Å². The van der Waals surface area contributed by atoms with Gasteiger partial charge in [0.2, 0.25) is 5.75 Å². The Balaban J connectivity index is 2.59. The third-order valence-electron chi connectivity index (χ3n) is 2.90. The maximum Gasteiger partial charge on any atom is 0.337 e. The van der Waals surface area contributed by atoms with Crippen LogP contribution in [0, 0.1) is 10.1 Å². The van der Waals surface area contributed by atoms with Gasteiger partial charge in [0.05, 0.1) is 17.1 Å². The lowest BCUT2D eigenvalue weighted by atomic mass is 10.1. The van der Waals surface area contributed by atoms with Gasteiger partial charge in [-0.1, -0.05) is 6.07 Å². The van der Waals surface area contributed by atoms with Crippen LogP contribution in [0.5, 0.6) is 11.5 Å². The number of carboxylic acids is 1. The van der Waals surface area contributed by atoms with Crippen molar-refractivity contribution in [1.29, 1.82) is 0 Å². The maximum atomic E-state index is 11.4. The number of nitro benzene ring substituents is 1. The van der Waals surface area contributed by atoms with Gasteiger partial charge in [-0.25, -0.2) is 4.79 Å². The van der Waals surface area contributed by atoms with Crippen LogP contribution in [-0.4, -0.2) is 27.7 Å². The van der Waals surface area contributed by atoms with Gasteiger partial charge >= 0.3 is 11.7 Å². The fourth-order valence-corrected chi connectivity index (χ4v) is 2.67. The van der Waals surface area contributed by atoms with Crippen LogP contribution < -0.4 is 4.74 Å². The van der Waals surface area contributed by atoms with E-state index in [1.54, 1.807) is 24.4 Å². The van der Waals surface area contributed by atoms with Gasteiger partial charge in [0.15, 0.2) is 5.75 Å². The minimum atomic E-state index is -1.15. The molecule has 0 spiro atoms. The number of carboxylic acid groups (broad SMARTS) is 1. The van der Waals surface area contributed by atoms with Gasteiger partial charge < -0.3 is 14.9 Å². The second kappa shape index (κ2) is 6.93. The Morgan fingerprint density at radius 3 is 2.74 bits per heavy atom. The van der Waals surface area contributed by atoms with E-state index in [-0.39, 0.29) is 23.5 Å². The van der Waals surface area contributed by atoms with Gasteiger partial charge in [-0.15, -0.1) is 11.3 Å². The van der Waals surface area contributed by atoms with E-state index in [9.17, 15) is 25.1 Å². The standard InChI is InChI=1S/C15H13NO6S/c1-2-22-12-8-9(7-11(14(12)17)16(20)21)6-10(15(18)19)13-4-3-5-23-13/h3-8,17H,2H2,1H3,(H,18,19)/b10-6-. The molecule has 2 rings (SSSR count). The van der Waals surface area contributed by atoms with Crippen molar-refractivity contribution < 1.29 is 24.7 Å². The number of thiophene rings is 1. The molecule has 2 N–H and O–H groups in total. The predicted molar refractivity (Wildman–Crippen MR) is 85.8 cm³/mol. The van der Waals surface area contributed by atoms with Crippen molar-refractivity contribution in [2.24, 2.45) is 0 Å². The van der Waals surface area contributed by atoms with E-state index in [1.165, 1.54) is 23.5 Å². The third-order valence-corrected chi connectivity index (χ3v) is 3.80. The van der Waals surface area contributed by atoms with Gasteiger partial charge in [-0.2, -0.15) is 0 Å². The number of aromatic hydroxyl groups is 1. The summed E-state index contributed by atoms with van der Waals surface area (Å²) in [7, 11) is 0. The van der Waals surface area contributed by atoms with Crippen molar-refractivity contribution in [3.8, 4) is 11.5 Å². The molecule has 0 radical (unpaired) electrons. The lowest BCUT2D eigenvalue weighted by Crippen LogP contribution is -1.99. The number of rotatable bonds is 6. The zero-order chi connectivity index (χ0) is 17.0. The smallest absolute Gasteiger partial charge is 0.337 e. The number of aliphatic carboxylic acids is 1. The van der Waals surface area contributed by atoms with Gasteiger partial charge in [0, 0.05) is 10.9 Å². The van der Waals surface area contributed by atoms with E-state index in [4.69, 9.17) is 4.74 Å².